The van der Waals surface area contributed by atoms with Gasteiger partial charge in [-0.1, -0.05) is 24.6 Å². The molecule has 0 saturated carbocycles. The number of methoxy groups -OCH3 is 1. The first-order valence-electron chi connectivity index (χ1n) is 9.04. The van der Waals surface area contributed by atoms with Crippen LogP contribution in [0.15, 0.2) is 17.7 Å². The van der Waals surface area contributed by atoms with Crippen LogP contribution in [0, 0.1) is 12.8 Å². The van der Waals surface area contributed by atoms with E-state index in [9.17, 15) is 10.2 Å². The minimum absolute atomic E-state index is 0.0210. The number of rotatable bonds is 6. The first kappa shape index (κ1) is 18.9. The smallest absolute Gasteiger partial charge is 0.161 e. The van der Waals surface area contributed by atoms with Crippen molar-refractivity contribution < 1.29 is 14.9 Å². The lowest BCUT2D eigenvalue weighted by Gasteiger charge is -2.35. The van der Waals surface area contributed by atoms with Crippen molar-refractivity contribution in [2.24, 2.45) is 5.92 Å². The van der Waals surface area contributed by atoms with Crippen LogP contribution in [0.3, 0.4) is 0 Å². The highest BCUT2D eigenvalue weighted by Crippen LogP contribution is 2.50. The van der Waals surface area contributed by atoms with Crippen LogP contribution in [0.25, 0.3) is 0 Å². The number of fused-ring (bicyclic) bond motifs is 1. The zero-order valence-corrected chi connectivity index (χ0v) is 15.7. The van der Waals surface area contributed by atoms with Gasteiger partial charge in [0.15, 0.2) is 11.5 Å². The molecule has 1 aliphatic rings. The first-order valence-corrected chi connectivity index (χ1v) is 9.04. The van der Waals surface area contributed by atoms with Crippen molar-refractivity contribution in [3.05, 3.63) is 34.4 Å². The van der Waals surface area contributed by atoms with Gasteiger partial charge in [0.25, 0.3) is 0 Å². The van der Waals surface area contributed by atoms with Crippen molar-refractivity contribution in [1.82, 2.24) is 0 Å². The number of aromatic hydroxyl groups is 2. The molecule has 1 aromatic rings. The molecule has 0 aromatic heterocycles. The Morgan fingerprint density at radius 1 is 1.29 bits per heavy atom. The van der Waals surface area contributed by atoms with Crippen molar-refractivity contribution in [3.8, 4) is 11.5 Å². The van der Waals surface area contributed by atoms with E-state index in [1.165, 1.54) is 11.1 Å². The number of allylic oxidation sites excluding steroid dienone is 2. The molecule has 0 bridgehead atoms. The molecule has 0 aliphatic heterocycles. The second-order valence-electron chi connectivity index (χ2n) is 7.57. The van der Waals surface area contributed by atoms with Crippen molar-refractivity contribution in [1.29, 1.82) is 0 Å². The van der Waals surface area contributed by atoms with E-state index in [4.69, 9.17) is 4.74 Å². The van der Waals surface area contributed by atoms with Crippen LogP contribution in [0.2, 0.25) is 0 Å². The van der Waals surface area contributed by atoms with E-state index in [1.54, 1.807) is 7.11 Å². The van der Waals surface area contributed by atoms with Crippen LogP contribution in [0.5, 0.6) is 11.5 Å². The molecule has 3 nitrogen and oxygen atoms in total. The molecule has 3 heteroatoms. The van der Waals surface area contributed by atoms with E-state index < -0.39 is 0 Å². The third-order valence-corrected chi connectivity index (χ3v) is 5.40. The Kier molecular flexibility index (Phi) is 6.34. The van der Waals surface area contributed by atoms with Crippen molar-refractivity contribution in [3.63, 3.8) is 0 Å². The maximum Gasteiger partial charge on any atom is 0.161 e. The minimum Gasteiger partial charge on any atom is -0.504 e. The van der Waals surface area contributed by atoms with E-state index in [1.807, 2.05) is 6.92 Å². The molecule has 0 fully saturated rings. The maximum atomic E-state index is 10.6. The number of hydrogen-bond donors (Lipinski definition) is 2. The Hall–Kier alpha value is -1.48. The van der Waals surface area contributed by atoms with Gasteiger partial charge in [0.1, 0.15) is 0 Å². The molecule has 3 atom stereocenters. The Morgan fingerprint density at radius 3 is 2.62 bits per heavy atom. The molecule has 0 saturated heterocycles. The fourth-order valence-corrected chi connectivity index (χ4v) is 4.04. The Bertz CT molecular complexity index is 600. The molecule has 0 spiro atoms. The van der Waals surface area contributed by atoms with Crippen molar-refractivity contribution in [2.75, 3.05) is 13.7 Å². The number of phenols is 2. The lowest BCUT2D eigenvalue weighted by Crippen LogP contribution is -2.22. The van der Waals surface area contributed by atoms with Crippen LogP contribution < -0.4 is 0 Å². The van der Waals surface area contributed by atoms with E-state index in [0.29, 0.717) is 18.4 Å². The molecule has 134 valence electrons. The predicted octanol–water partition coefficient (Wildman–Crippen LogP) is 5.40. The lowest BCUT2D eigenvalue weighted by molar-refractivity contribution is 0.165. The Morgan fingerprint density at radius 2 is 2.00 bits per heavy atom. The van der Waals surface area contributed by atoms with Crippen molar-refractivity contribution >= 4 is 0 Å². The summed E-state index contributed by atoms with van der Waals surface area (Å²) in [6.45, 7) is 9.03. The van der Waals surface area contributed by atoms with Crippen LogP contribution in [-0.4, -0.2) is 23.9 Å². The van der Waals surface area contributed by atoms with Gasteiger partial charge in [-0.25, -0.2) is 0 Å². The molecular weight excluding hydrogens is 300 g/mol. The summed E-state index contributed by atoms with van der Waals surface area (Å²) in [5.41, 5.74) is 4.24. The number of ether oxygens (including phenoxy) is 1. The second kappa shape index (κ2) is 8.06. The van der Waals surface area contributed by atoms with Gasteiger partial charge in [-0.2, -0.15) is 0 Å². The monoisotopic (exact) mass is 332 g/mol. The summed E-state index contributed by atoms with van der Waals surface area (Å²) in [6.07, 6.45) is 6.65. The normalized spacial score (nSPS) is 21.2. The van der Waals surface area contributed by atoms with Gasteiger partial charge < -0.3 is 14.9 Å². The molecule has 0 unspecified atom stereocenters. The molecule has 1 aliphatic carbocycles. The SMILES string of the molecule is COC[C@@H]1CC[C@@H]([C@@H](C)CCC=C(C)C)c2cc(C)c(O)c(O)c21. The van der Waals surface area contributed by atoms with Crippen LogP contribution in [0.4, 0.5) is 0 Å². The third-order valence-electron chi connectivity index (χ3n) is 5.40. The zero-order chi connectivity index (χ0) is 17.9. The number of benzene rings is 1. The van der Waals surface area contributed by atoms with Gasteiger partial charge >= 0.3 is 0 Å². The largest absolute Gasteiger partial charge is 0.504 e. The molecule has 24 heavy (non-hydrogen) atoms. The van der Waals surface area contributed by atoms with E-state index >= 15 is 0 Å². The van der Waals surface area contributed by atoms with Crippen LogP contribution in [-0.2, 0) is 4.74 Å². The Labute approximate surface area is 146 Å². The molecule has 1 aromatic carbocycles. The lowest BCUT2D eigenvalue weighted by atomic mass is 9.70. The van der Waals surface area contributed by atoms with Gasteiger partial charge in [-0.3, -0.25) is 0 Å². The second-order valence-corrected chi connectivity index (χ2v) is 7.57. The van der Waals surface area contributed by atoms with E-state index in [2.05, 4.69) is 32.9 Å². The number of phenolic OH excluding ortho intramolecular Hbond substituents is 2. The van der Waals surface area contributed by atoms with Gasteiger partial charge in [0.05, 0.1) is 6.61 Å². The highest BCUT2D eigenvalue weighted by molar-refractivity contribution is 5.57. The summed E-state index contributed by atoms with van der Waals surface area (Å²) in [6, 6.07) is 2.08. The fourth-order valence-electron chi connectivity index (χ4n) is 4.04. The molecule has 0 radical (unpaired) electrons. The van der Waals surface area contributed by atoms with Gasteiger partial charge in [0, 0.05) is 18.6 Å². The summed E-state index contributed by atoms with van der Waals surface area (Å²) < 4.78 is 5.35. The van der Waals surface area contributed by atoms with Crippen LogP contribution in [0.1, 0.15) is 75.0 Å². The molecule has 0 amide bonds. The Balaban J connectivity index is 2.34. The number of hydrogen-bond acceptors (Lipinski definition) is 3. The summed E-state index contributed by atoms with van der Waals surface area (Å²) >= 11 is 0. The quantitative estimate of drug-likeness (QED) is 0.542. The topological polar surface area (TPSA) is 49.7 Å². The van der Waals surface area contributed by atoms with Crippen molar-refractivity contribution in [2.45, 2.75) is 65.2 Å². The third kappa shape index (κ3) is 3.94. The number of aryl methyl sites for hydroxylation is 1. The van der Waals surface area contributed by atoms with E-state index in [0.717, 1.165) is 36.8 Å². The summed E-state index contributed by atoms with van der Waals surface area (Å²) in [4.78, 5) is 0. The van der Waals surface area contributed by atoms with E-state index in [-0.39, 0.29) is 17.4 Å². The van der Waals surface area contributed by atoms with Gasteiger partial charge in [0.2, 0.25) is 0 Å². The molecular formula is C21H32O3. The first-order chi connectivity index (χ1) is 11.4. The maximum absolute atomic E-state index is 10.6. The minimum atomic E-state index is 0.0210. The fraction of sp³-hybridized carbons (Fsp3) is 0.619. The van der Waals surface area contributed by atoms with Gasteiger partial charge in [-0.15, -0.1) is 0 Å². The highest BCUT2D eigenvalue weighted by Gasteiger charge is 2.34. The summed E-state index contributed by atoms with van der Waals surface area (Å²) in [7, 11) is 1.69. The highest BCUT2D eigenvalue weighted by atomic mass is 16.5. The standard InChI is InChI=1S/C21H32O3/c1-13(2)7-6-8-14(3)17-10-9-16(12-24-5)19-18(17)11-15(4)20(22)21(19)23/h7,11,14,16-17,22-23H,6,8-10,12H2,1-5H3/t14-,16-,17-/m0/s1. The summed E-state index contributed by atoms with van der Waals surface area (Å²) in [5.74, 6) is 1.23. The molecule has 2 N–H and O–H groups in total. The summed E-state index contributed by atoms with van der Waals surface area (Å²) in [5, 5.41) is 20.7. The molecule has 2 rings (SSSR count). The average molecular weight is 332 g/mol. The van der Waals surface area contributed by atoms with Crippen LogP contribution >= 0.6 is 0 Å². The van der Waals surface area contributed by atoms with Gasteiger partial charge in [-0.05, 0) is 69.4 Å². The average Bonchev–Trinajstić information content (AvgIpc) is 2.52. The molecule has 0 heterocycles. The zero-order valence-electron chi connectivity index (χ0n) is 15.7. The predicted molar refractivity (Wildman–Crippen MR) is 98.9 cm³/mol.